The van der Waals surface area contributed by atoms with Gasteiger partial charge in [-0.1, -0.05) is 25.0 Å². The number of hydrogen-bond donors (Lipinski definition) is 1. The fraction of sp³-hybridized carbons (Fsp3) is 0.455. The number of phenols is 1. The first-order valence-corrected chi connectivity index (χ1v) is 5.07. The third-order valence-corrected chi connectivity index (χ3v) is 3.38. The Morgan fingerprint density at radius 2 is 1.62 bits per heavy atom. The van der Waals surface area contributed by atoms with Crippen molar-refractivity contribution in [2.24, 2.45) is 0 Å². The second kappa shape index (κ2) is 3.22. The average Bonchev–Trinajstić information content (AvgIpc) is 2.54. The van der Waals surface area contributed by atoms with Gasteiger partial charge in [-0.15, -0.1) is 11.6 Å². The molecule has 0 radical (unpaired) electrons. The van der Waals surface area contributed by atoms with Crippen molar-refractivity contribution in [1.29, 1.82) is 0 Å². The molecule has 1 N–H and O–H groups in total. The maximum absolute atomic E-state index is 9.14. The number of halogens is 1. The quantitative estimate of drug-likeness (QED) is 0.683. The van der Waals surface area contributed by atoms with Crippen molar-refractivity contribution in [3.8, 4) is 5.75 Å². The third kappa shape index (κ3) is 1.66. The highest BCUT2D eigenvalue weighted by atomic mass is 35.5. The lowest BCUT2D eigenvalue weighted by Crippen LogP contribution is -2.12. The van der Waals surface area contributed by atoms with Gasteiger partial charge in [0.15, 0.2) is 0 Å². The summed E-state index contributed by atoms with van der Waals surface area (Å²) < 4.78 is 0. The first-order chi connectivity index (χ1) is 6.21. The molecule has 1 fully saturated rings. The van der Waals surface area contributed by atoms with Gasteiger partial charge in [-0.25, -0.2) is 0 Å². The fourth-order valence-electron chi connectivity index (χ4n) is 1.98. The largest absolute Gasteiger partial charge is 0.508 e. The van der Waals surface area contributed by atoms with E-state index in [1.807, 2.05) is 12.1 Å². The average molecular weight is 197 g/mol. The SMILES string of the molecule is Oc1ccc(C2(Cl)CCCC2)cc1. The number of rotatable bonds is 1. The van der Waals surface area contributed by atoms with Gasteiger partial charge in [0.25, 0.3) is 0 Å². The minimum atomic E-state index is -0.159. The molecule has 1 aromatic rings. The minimum Gasteiger partial charge on any atom is -0.508 e. The van der Waals surface area contributed by atoms with E-state index >= 15 is 0 Å². The first-order valence-electron chi connectivity index (χ1n) is 4.69. The summed E-state index contributed by atoms with van der Waals surface area (Å²) in [6.45, 7) is 0. The Morgan fingerprint density at radius 1 is 1.08 bits per heavy atom. The van der Waals surface area contributed by atoms with E-state index in [4.69, 9.17) is 16.7 Å². The summed E-state index contributed by atoms with van der Waals surface area (Å²) in [7, 11) is 0. The third-order valence-electron chi connectivity index (χ3n) is 2.78. The van der Waals surface area contributed by atoms with Crippen LogP contribution in [0.2, 0.25) is 0 Å². The summed E-state index contributed by atoms with van der Waals surface area (Å²) in [5.41, 5.74) is 1.14. The summed E-state index contributed by atoms with van der Waals surface area (Å²) in [6, 6.07) is 7.26. The maximum Gasteiger partial charge on any atom is 0.115 e. The Kier molecular flexibility index (Phi) is 2.20. The van der Waals surface area contributed by atoms with Gasteiger partial charge in [0, 0.05) is 0 Å². The Labute approximate surface area is 83.3 Å². The predicted molar refractivity (Wildman–Crippen MR) is 54.1 cm³/mol. The molecule has 1 aliphatic carbocycles. The highest BCUT2D eigenvalue weighted by molar-refractivity contribution is 6.24. The van der Waals surface area contributed by atoms with Crippen LogP contribution in [-0.2, 0) is 4.87 Å². The molecule has 1 aromatic carbocycles. The van der Waals surface area contributed by atoms with E-state index in [2.05, 4.69) is 0 Å². The van der Waals surface area contributed by atoms with Crippen molar-refractivity contribution in [3.63, 3.8) is 0 Å². The van der Waals surface area contributed by atoms with Crippen molar-refractivity contribution >= 4 is 11.6 Å². The lowest BCUT2D eigenvalue weighted by Gasteiger charge is -2.20. The van der Waals surface area contributed by atoms with Crippen LogP contribution in [0.25, 0.3) is 0 Å². The summed E-state index contributed by atoms with van der Waals surface area (Å²) in [5, 5.41) is 9.14. The molecule has 0 unspecified atom stereocenters. The van der Waals surface area contributed by atoms with Crippen molar-refractivity contribution in [2.45, 2.75) is 30.6 Å². The molecule has 70 valence electrons. The summed E-state index contributed by atoms with van der Waals surface area (Å²) in [5.74, 6) is 0.307. The zero-order valence-corrected chi connectivity index (χ0v) is 8.22. The Bertz CT molecular complexity index is 285. The van der Waals surface area contributed by atoms with Crippen molar-refractivity contribution < 1.29 is 5.11 Å². The minimum absolute atomic E-state index is 0.159. The molecule has 2 rings (SSSR count). The Hall–Kier alpha value is -0.690. The Balaban J connectivity index is 2.29. The zero-order valence-electron chi connectivity index (χ0n) is 7.46. The van der Waals surface area contributed by atoms with Gasteiger partial charge in [0.1, 0.15) is 5.75 Å². The van der Waals surface area contributed by atoms with Gasteiger partial charge in [-0.3, -0.25) is 0 Å². The van der Waals surface area contributed by atoms with Crippen LogP contribution < -0.4 is 0 Å². The van der Waals surface area contributed by atoms with Gasteiger partial charge < -0.3 is 5.11 Å². The smallest absolute Gasteiger partial charge is 0.115 e. The van der Waals surface area contributed by atoms with Gasteiger partial charge >= 0.3 is 0 Å². The predicted octanol–water partition coefficient (Wildman–Crippen LogP) is 3.40. The molecule has 1 nitrogen and oxygen atoms in total. The van der Waals surface area contributed by atoms with Crippen molar-refractivity contribution in [3.05, 3.63) is 29.8 Å². The molecule has 0 aromatic heterocycles. The van der Waals surface area contributed by atoms with Gasteiger partial charge in [0.2, 0.25) is 0 Å². The van der Waals surface area contributed by atoms with Crippen LogP contribution in [-0.4, -0.2) is 5.11 Å². The first kappa shape index (κ1) is 8.89. The fourth-order valence-corrected chi connectivity index (χ4v) is 2.38. The van der Waals surface area contributed by atoms with Crippen molar-refractivity contribution in [2.75, 3.05) is 0 Å². The van der Waals surface area contributed by atoms with E-state index in [0.29, 0.717) is 5.75 Å². The van der Waals surface area contributed by atoms with Crippen LogP contribution >= 0.6 is 11.6 Å². The van der Waals surface area contributed by atoms with Gasteiger partial charge in [0.05, 0.1) is 4.87 Å². The van der Waals surface area contributed by atoms with E-state index in [1.54, 1.807) is 12.1 Å². The van der Waals surface area contributed by atoms with E-state index in [0.717, 1.165) is 18.4 Å². The lowest BCUT2D eigenvalue weighted by molar-refractivity contribution is 0.474. The van der Waals surface area contributed by atoms with E-state index in [1.165, 1.54) is 12.8 Å². The number of alkyl halides is 1. The molecule has 2 heteroatoms. The molecular formula is C11H13ClO. The highest BCUT2D eigenvalue weighted by Gasteiger charge is 2.32. The standard InChI is InChI=1S/C11H13ClO/c12-11(7-1-2-8-11)9-3-5-10(13)6-4-9/h3-6,13H,1-2,7-8H2. The van der Waals surface area contributed by atoms with Crippen molar-refractivity contribution in [1.82, 2.24) is 0 Å². The van der Waals surface area contributed by atoms with E-state index < -0.39 is 0 Å². The molecule has 0 bridgehead atoms. The normalized spacial score (nSPS) is 20.4. The molecule has 0 spiro atoms. The second-order valence-corrected chi connectivity index (χ2v) is 4.44. The van der Waals surface area contributed by atoms with Crippen LogP contribution in [0.3, 0.4) is 0 Å². The molecule has 13 heavy (non-hydrogen) atoms. The van der Waals surface area contributed by atoms with E-state index in [-0.39, 0.29) is 4.87 Å². The van der Waals surface area contributed by atoms with Crippen LogP contribution in [0, 0.1) is 0 Å². The summed E-state index contributed by atoms with van der Waals surface area (Å²) >= 11 is 6.47. The van der Waals surface area contributed by atoms with Gasteiger partial charge in [-0.05, 0) is 30.5 Å². The number of phenolic OH excluding ortho intramolecular Hbond substituents is 1. The highest BCUT2D eigenvalue weighted by Crippen LogP contribution is 2.44. The molecule has 0 amide bonds. The lowest BCUT2D eigenvalue weighted by atomic mass is 9.97. The number of aromatic hydroxyl groups is 1. The summed E-state index contributed by atoms with van der Waals surface area (Å²) in [4.78, 5) is -0.159. The van der Waals surface area contributed by atoms with Crippen LogP contribution in [0.15, 0.2) is 24.3 Å². The Morgan fingerprint density at radius 3 is 2.15 bits per heavy atom. The topological polar surface area (TPSA) is 20.2 Å². The number of hydrogen-bond acceptors (Lipinski definition) is 1. The molecule has 0 heterocycles. The molecule has 1 saturated carbocycles. The molecule has 1 aliphatic rings. The summed E-state index contributed by atoms with van der Waals surface area (Å²) in [6.07, 6.45) is 4.54. The maximum atomic E-state index is 9.14. The molecule has 0 atom stereocenters. The molecule has 0 aliphatic heterocycles. The van der Waals surface area contributed by atoms with Crippen LogP contribution in [0.4, 0.5) is 0 Å². The molecule has 0 saturated heterocycles. The van der Waals surface area contributed by atoms with Crippen LogP contribution in [0.5, 0.6) is 5.75 Å². The molecular weight excluding hydrogens is 184 g/mol. The number of benzene rings is 1. The second-order valence-electron chi connectivity index (χ2n) is 3.72. The monoisotopic (exact) mass is 196 g/mol. The van der Waals surface area contributed by atoms with Gasteiger partial charge in [-0.2, -0.15) is 0 Å². The van der Waals surface area contributed by atoms with E-state index in [9.17, 15) is 0 Å². The zero-order chi connectivity index (χ0) is 9.31. The van der Waals surface area contributed by atoms with Crippen LogP contribution in [0.1, 0.15) is 31.2 Å².